The number of carbonyl (C=O) groups is 1. The number of hydrogen-bond acceptors (Lipinski definition) is 3. The third kappa shape index (κ3) is 6.99. The van der Waals surface area contributed by atoms with Crippen LogP contribution in [0.3, 0.4) is 0 Å². The predicted molar refractivity (Wildman–Crippen MR) is 135 cm³/mol. The van der Waals surface area contributed by atoms with Gasteiger partial charge in [-0.25, -0.2) is 4.99 Å². The minimum Gasteiger partial charge on any atom is -0.484 e. The number of amides is 1. The molecule has 1 amide bonds. The second-order valence-electron chi connectivity index (χ2n) is 9.18. The molecule has 1 aliphatic heterocycles. The molecule has 4 rings (SSSR count). The van der Waals surface area contributed by atoms with E-state index in [2.05, 4.69) is 28.5 Å². The molecular formula is C24H37IN4O2. The molecule has 0 bridgehead atoms. The smallest absolute Gasteiger partial charge is 0.258 e. The number of guanidine groups is 1. The fraction of sp³-hybridized carbons (Fsp3) is 0.667. The number of carbonyl (C=O) groups excluding carboxylic acids is 1. The van der Waals surface area contributed by atoms with Crippen LogP contribution in [0.15, 0.2) is 29.3 Å². The van der Waals surface area contributed by atoms with Crippen molar-refractivity contribution in [1.29, 1.82) is 0 Å². The molecule has 7 heteroatoms. The molecule has 0 unspecified atom stereocenters. The molecule has 0 aromatic heterocycles. The Labute approximate surface area is 203 Å². The van der Waals surface area contributed by atoms with E-state index in [1.165, 1.54) is 38.5 Å². The fourth-order valence-electron chi connectivity index (χ4n) is 4.80. The molecule has 2 saturated carbocycles. The summed E-state index contributed by atoms with van der Waals surface area (Å²) < 4.78 is 5.68. The van der Waals surface area contributed by atoms with Crippen LogP contribution in [0.5, 0.6) is 5.75 Å². The number of rotatable bonds is 7. The van der Waals surface area contributed by atoms with Crippen LogP contribution < -0.4 is 15.4 Å². The number of benzene rings is 1. The first kappa shape index (κ1) is 24.1. The minimum absolute atomic E-state index is 0. The zero-order chi connectivity index (χ0) is 20.8. The third-order valence-electron chi connectivity index (χ3n) is 6.61. The van der Waals surface area contributed by atoms with Gasteiger partial charge in [0, 0.05) is 25.7 Å². The molecule has 31 heavy (non-hydrogen) atoms. The second-order valence-corrected chi connectivity index (χ2v) is 9.18. The fourth-order valence-corrected chi connectivity index (χ4v) is 4.80. The van der Waals surface area contributed by atoms with Crippen LogP contribution in [0.25, 0.3) is 0 Å². The van der Waals surface area contributed by atoms with E-state index < -0.39 is 0 Å². The summed E-state index contributed by atoms with van der Waals surface area (Å²) in [5.41, 5.74) is 1.61. The molecule has 1 heterocycles. The molecule has 1 saturated heterocycles. The SMILES string of the molecule is CCNC(=NCc1cccc(OCC(=O)NC2CC2)c1)N1CCC2(CCCCC2)C1.I. The molecule has 3 aliphatic rings. The monoisotopic (exact) mass is 540 g/mol. The summed E-state index contributed by atoms with van der Waals surface area (Å²) >= 11 is 0. The van der Waals surface area contributed by atoms with Crippen LogP contribution in [0.2, 0.25) is 0 Å². The molecule has 172 valence electrons. The molecule has 0 atom stereocenters. The lowest BCUT2D eigenvalue weighted by Gasteiger charge is -2.33. The minimum atomic E-state index is -0.0407. The molecule has 1 aromatic carbocycles. The van der Waals surface area contributed by atoms with Gasteiger partial charge in [-0.1, -0.05) is 31.4 Å². The van der Waals surface area contributed by atoms with Gasteiger partial charge in [0.05, 0.1) is 6.54 Å². The normalized spacial score (nSPS) is 20.3. The van der Waals surface area contributed by atoms with Crippen LogP contribution in [0.1, 0.15) is 63.9 Å². The quantitative estimate of drug-likeness (QED) is 0.311. The topological polar surface area (TPSA) is 66.0 Å². The highest BCUT2D eigenvalue weighted by molar-refractivity contribution is 14.0. The summed E-state index contributed by atoms with van der Waals surface area (Å²) in [6.45, 7) is 5.92. The van der Waals surface area contributed by atoms with E-state index in [9.17, 15) is 4.79 Å². The molecule has 2 N–H and O–H groups in total. The number of nitrogens with zero attached hydrogens (tertiary/aromatic N) is 2. The number of nitrogens with one attached hydrogen (secondary N) is 2. The lowest BCUT2D eigenvalue weighted by molar-refractivity contribution is -0.123. The van der Waals surface area contributed by atoms with Crippen LogP contribution in [-0.2, 0) is 11.3 Å². The van der Waals surface area contributed by atoms with Crippen LogP contribution >= 0.6 is 24.0 Å². The highest BCUT2D eigenvalue weighted by Crippen LogP contribution is 2.43. The largest absolute Gasteiger partial charge is 0.484 e. The van der Waals surface area contributed by atoms with Gasteiger partial charge in [0.25, 0.3) is 5.91 Å². The summed E-state index contributed by atoms with van der Waals surface area (Å²) in [6.07, 6.45) is 10.4. The lowest BCUT2D eigenvalue weighted by Crippen LogP contribution is -2.41. The van der Waals surface area contributed by atoms with Gasteiger partial charge in [-0.2, -0.15) is 0 Å². The third-order valence-corrected chi connectivity index (χ3v) is 6.61. The van der Waals surface area contributed by atoms with Crippen molar-refractivity contribution in [2.24, 2.45) is 10.4 Å². The number of halogens is 1. The molecular weight excluding hydrogens is 503 g/mol. The summed E-state index contributed by atoms with van der Waals surface area (Å²) in [5.74, 6) is 1.71. The Balaban J connectivity index is 0.00000272. The number of hydrogen-bond donors (Lipinski definition) is 2. The Hall–Kier alpha value is -1.51. The van der Waals surface area contributed by atoms with Gasteiger partial charge >= 0.3 is 0 Å². The maximum absolute atomic E-state index is 11.8. The molecule has 2 aliphatic carbocycles. The molecule has 1 aromatic rings. The van der Waals surface area contributed by atoms with Gasteiger partial charge in [0.1, 0.15) is 5.75 Å². The van der Waals surface area contributed by atoms with Gasteiger partial charge < -0.3 is 20.3 Å². The number of aliphatic imine (C=N–C) groups is 1. The van der Waals surface area contributed by atoms with Crippen molar-refractivity contribution in [1.82, 2.24) is 15.5 Å². The van der Waals surface area contributed by atoms with E-state index >= 15 is 0 Å². The van der Waals surface area contributed by atoms with Crippen LogP contribution in [-0.4, -0.2) is 49.0 Å². The van der Waals surface area contributed by atoms with E-state index in [0.29, 0.717) is 18.0 Å². The molecule has 1 spiro atoms. The summed E-state index contributed by atoms with van der Waals surface area (Å²) in [7, 11) is 0. The van der Waals surface area contributed by atoms with Crippen molar-refractivity contribution in [3.63, 3.8) is 0 Å². The van der Waals surface area contributed by atoms with Crippen molar-refractivity contribution in [3.8, 4) is 5.75 Å². The highest BCUT2D eigenvalue weighted by Gasteiger charge is 2.39. The average molecular weight is 540 g/mol. The zero-order valence-electron chi connectivity index (χ0n) is 18.7. The first-order valence-electron chi connectivity index (χ1n) is 11.7. The van der Waals surface area contributed by atoms with Crippen molar-refractivity contribution >= 4 is 35.8 Å². The average Bonchev–Trinajstić information content (AvgIpc) is 3.49. The Kier molecular flexibility index (Phi) is 8.86. The van der Waals surface area contributed by atoms with Crippen molar-refractivity contribution in [2.45, 2.75) is 70.9 Å². The molecule has 6 nitrogen and oxygen atoms in total. The standard InChI is InChI=1S/C24H36N4O2.HI/c1-2-25-23(28-14-13-24(18-28)11-4-3-5-12-24)26-16-19-7-6-8-21(15-19)30-17-22(29)27-20-9-10-20;/h6-8,15,20H,2-5,9-14,16-18H2,1H3,(H,25,26)(H,27,29);1H. The predicted octanol–water partition coefficient (Wildman–Crippen LogP) is 4.08. The van der Waals surface area contributed by atoms with Crippen molar-refractivity contribution in [2.75, 3.05) is 26.2 Å². The summed E-state index contributed by atoms with van der Waals surface area (Å²) in [4.78, 5) is 19.2. The maximum atomic E-state index is 11.8. The summed E-state index contributed by atoms with van der Waals surface area (Å²) in [5, 5.41) is 6.44. The van der Waals surface area contributed by atoms with E-state index in [1.54, 1.807) is 0 Å². The highest BCUT2D eigenvalue weighted by atomic mass is 127. The Morgan fingerprint density at radius 1 is 1.23 bits per heavy atom. The summed E-state index contributed by atoms with van der Waals surface area (Å²) in [6, 6.07) is 8.29. The van der Waals surface area contributed by atoms with E-state index in [-0.39, 0.29) is 36.5 Å². The molecule has 3 fully saturated rings. The van der Waals surface area contributed by atoms with E-state index in [4.69, 9.17) is 9.73 Å². The van der Waals surface area contributed by atoms with Gasteiger partial charge in [0.15, 0.2) is 12.6 Å². The van der Waals surface area contributed by atoms with Crippen LogP contribution in [0.4, 0.5) is 0 Å². The Bertz CT molecular complexity index is 760. The van der Waals surface area contributed by atoms with Crippen LogP contribution in [0, 0.1) is 5.41 Å². The van der Waals surface area contributed by atoms with E-state index in [0.717, 1.165) is 49.7 Å². The first-order chi connectivity index (χ1) is 14.7. The van der Waals surface area contributed by atoms with E-state index in [1.807, 2.05) is 18.2 Å². The maximum Gasteiger partial charge on any atom is 0.258 e. The number of likely N-dealkylation sites (tertiary alicyclic amines) is 1. The second kappa shape index (κ2) is 11.4. The van der Waals surface area contributed by atoms with Gasteiger partial charge in [-0.05, 0) is 62.1 Å². The Morgan fingerprint density at radius 3 is 2.77 bits per heavy atom. The zero-order valence-corrected chi connectivity index (χ0v) is 21.0. The van der Waals surface area contributed by atoms with Gasteiger partial charge in [-0.15, -0.1) is 24.0 Å². The van der Waals surface area contributed by atoms with Gasteiger partial charge in [0.2, 0.25) is 0 Å². The van der Waals surface area contributed by atoms with Crippen molar-refractivity contribution in [3.05, 3.63) is 29.8 Å². The first-order valence-corrected chi connectivity index (χ1v) is 11.7. The number of ether oxygens (including phenoxy) is 1. The Morgan fingerprint density at radius 2 is 2.03 bits per heavy atom. The molecule has 0 radical (unpaired) electrons. The van der Waals surface area contributed by atoms with Crippen molar-refractivity contribution < 1.29 is 9.53 Å². The lowest BCUT2D eigenvalue weighted by atomic mass is 9.73. The van der Waals surface area contributed by atoms with Gasteiger partial charge in [-0.3, -0.25) is 4.79 Å².